The van der Waals surface area contributed by atoms with Gasteiger partial charge in [0.05, 0.1) is 6.10 Å². The van der Waals surface area contributed by atoms with Crippen LogP contribution in [-0.2, 0) is 4.79 Å². The molecule has 3 nitrogen and oxygen atoms in total. The van der Waals surface area contributed by atoms with E-state index >= 15 is 0 Å². The van der Waals surface area contributed by atoms with Crippen molar-refractivity contribution in [3.63, 3.8) is 0 Å². The van der Waals surface area contributed by atoms with Crippen LogP contribution in [0.3, 0.4) is 0 Å². The molecule has 2 N–H and O–H groups in total. The van der Waals surface area contributed by atoms with Crippen molar-refractivity contribution in [3.05, 3.63) is 0 Å². The van der Waals surface area contributed by atoms with Crippen LogP contribution >= 0.6 is 0 Å². The second-order valence-corrected chi connectivity index (χ2v) is 7.61. The van der Waals surface area contributed by atoms with E-state index in [0.717, 1.165) is 50.4 Å². The second-order valence-electron chi connectivity index (χ2n) is 7.61. The summed E-state index contributed by atoms with van der Waals surface area (Å²) >= 11 is 0. The molecule has 2 aliphatic carbocycles. The van der Waals surface area contributed by atoms with Crippen LogP contribution in [0.2, 0.25) is 0 Å². The lowest BCUT2D eigenvalue weighted by atomic mass is 9.69. The van der Waals surface area contributed by atoms with Crippen molar-refractivity contribution < 1.29 is 9.90 Å². The zero-order chi connectivity index (χ0) is 15.4. The van der Waals surface area contributed by atoms with Gasteiger partial charge in [-0.15, -0.1) is 0 Å². The predicted molar refractivity (Wildman–Crippen MR) is 85.9 cm³/mol. The summed E-state index contributed by atoms with van der Waals surface area (Å²) in [5.41, 5.74) is 0. The van der Waals surface area contributed by atoms with E-state index in [1.807, 2.05) is 0 Å². The molecule has 3 atom stereocenters. The Morgan fingerprint density at radius 2 is 1.81 bits per heavy atom. The Morgan fingerprint density at radius 1 is 1.14 bits per heavy atom. The van der Waals surface area contributed by atoms with Crippen LogP contribution in [0.1, 0.15) is 72.1 Å². The number of nitrogens with one attached hydrogen (secondary N) is 1. The molecule has 0 aromatic carbocycles. The molecule has 0 aromatic rings. The van der Waals surface area contributed by atoms with Crippen LogP contribution in [0.15, 0.2) is 0 Å². The molecule has 0 aliphatic heterocycles. The maximum atomic E-state index is 12.6. The Bertz CT molecular complexity index is 334. The van der Waals surface area contributed by atoms with Gasteiger partial charge in [-0.25, -0.2) is 0 Å². The largest absolute Gasteiger partial charge is 0.393 e. The lowest BCUT2D eigenvalue weighted by Gasteiger charge is -2.38. The van der Waals surface area contributed by atoms with E-state index in [1.54, 1.807) is 0 Å². The molecule has 2 aliphatic rings. The quantitative estimate of drug-likeness (QED) is 0.834. The summed E-state index contributed by atoms with van der Waals surface area (Å²) in [5.74, 6) is 2.59. The van der Waals surface area contributed by atoms with Gasteiger partial charge in [-0.1, -0.05) is 27.2 Å². The Kier molecular flexibility index (Phi) is 6.09. The maximum absolute atomic E-state index is 12.6. The number of carbonyl (C=O) groups is 1. The van der Waals surface area contributed by atoms with E-state index in [4.69, 9.17) is 0 Å². The van der Waals surface area contributed by atoms with Gasteiger partial charge in [0.15, 0.2) is 0 Å². The SMILES string of the molecule is CCC1CC(C(C)C)CCC1C(=O)NC1CCC(O)CC1. The molecular formula is C18H33NO2. The van der Waals surface area contributed by atoms with Crippen LogP contribution in [0.5, 0.6) is 0 Å². The van der Waals surface area contributed by atoms with Crippen LogP contribution < -0.4 is 5.32 Å². The summed E-state index contributed by atoms with van der Waals surface area (Å²) in [6.45, 7) is 6.85. The fraction of sp³-hybridized carbons (Fsp3) is 0.944. The van der Waals surface area contributed by atoms with E-state index in [9.17, 15) is 9.90 Å². The van der Waals surface area contributed by atoms with Crippen LogP contribution in [0.4, 0.5) is 0 Å². The minimum atomic E-state index is -0.150. The number of rotatable bonds is 4. The van der Waals surface area contributed by atoms with E-state index in [1.165, 1.54) is 12.8 Å². The van der Waals surface area contributed by atoms with Gasteiger partial charge in [-0.2, -0.15) is 0 Å². The number of hydrogen-bond acceptors (Lipinski definition) is 2. The fourth-order valence-corrected chi connectivity index (χ4v) is 4.23. The molecule has 0 bridgehead atoms. The number of hydrogen-bond donors (Lipinski definition) is 2. The molecule has 0 aromatic heterocycles. The molecule has 3 unspecified atom stereocenters. The van der Waals surface area contributed by atoms with Gasteiger partial charge in [0.1, 0.15) is 0 Å². The van der Waals surface area contributed by atoms with Crippen LogP contribution in [0, 0.1) is 23.7 Å². The third kappa shape index (κ3) is 4.45. The molecule has 2 saturated carbocycles. The van der Waals surface area contributed by atoms with Crippen molar-refractivity contribution in [3.8, 4) is 0 Å². The summed E-state index contributed by atoms with van der Waals surface area (Å²) in [6.07, 6.45) is 7.99. The average molecular weight is 295 g/mol. The first kappa shape index (κ1) is 16.8. The smallest absolute Gasteiger partial charge is 0.223 e. The molecule has 0 saturated heterocycles. The molecular weight excluding hydrogens is 262 g/mol. The molecule has 0 spiro atoms. The highest BCUT2D eigenvalue weighted by Gasteiger charge is 2.35. The molecule has 21 heavy (non-hydrogen) atoms. The molecule has 0 heterocycles. The molecule has 2 rings (SSSR count). The van der Waals surface area contributed by atoms with Crippen LogP contribution in [-0.4, -0.2) is 23.2 Å². The Morgan fingerprint density at radius 3 is 2.38 bits per heavy atom. The van der Waals surface area contributed by atoms with Crippen molar-refractivity contribution in [1.82, 2.24) is 5.32 Å². The van der Waals surface area contributed by atoms with Crippen molar-refractivity contribution >= 4 is 5.91 Å². The van der Waals surface area contributed by atoms with E-state index in [0.29, 0.717) is 12.0 Å². The van der Waals surface area contributed by atoms with Gasteiger partial charge < -0.3 is 10.4 Å². The van der Waals surface area contributed by atoms with Gasteiger partial charge in [0.25, 0.3) is 0 Å². The highest BCUT2D eigenvalue weighted by atomic mass is 16.3. The summed E-state index contributed by atoms with van der Waals surface area (Å²) in [4.78, 5) is 12.6. The van der Waals surface area contributed by atoms with Crippen LogP contribution in [0.25, 0.3) is 0 Å². The molecule has 3 heteroatoms. The van der Waals surface area contributed by atoms with Crippen molar-refractivity contribution in [2.45, 2.75) is 84.3 Å². The molecule has 1 amide bonds. The minimum Gasteiger partial charge on any atom is -0.393 e. The van der Waals surface area contributed by atoms with Gasteiger partial charge in [-0.05, 0) is 62.7 Å². The number of amides is 1. The Balaban J connectivity index is 1.86. The molecule has 0 radical (unpaired) electrons. The first-order valence-electron chi connectivity index (χ1n) is 8.99. The highest BCUT2D eigenvalue weighted by molar-refractivity contribution is 5.79. The number of aliphatic hydroxyl groups is 1. The average Bonchev–Trinajstić information content (AvgIpc) is 2.48. The lowest BCUT2D eigenvalue weighted by molar-refractivity contribution is -0.129. The monoisotopic (exact) mass is 295 g/mol. The van der Waals surface area contributed by atoms with Gasteiger partial charge in [-0.3, -0.25) is 4.79 Å². The van der Waals surface area contributed by atoms with Crippen molar-refractivity contribution in [2.75, 3.05) is 0 Å². The zero-order valence-corrected chi connectivity index (χ0v) is 14.0. The summed E-state index contributed by atoms with van der Waals surface area (Å²) in [5, 5.41) is 12.8. The van der Waals surface area contributed by atoms with Crippen molar-refractivity contribution in [1.29, 1.82) is 0 Å². The fourth-order valence-electron chi connectivity index (χ4n) is 4.23. The van der Waals surface area contributed by atoms with Gasteiger partial charge in [0.2, 0.25) is 5.91 Å². The molecule has 122 valence electrons. The van der Waals surface area contributed by atoms with Crippen molar-refractivity contribution in [2.24, 2.45) is 23.7 Å². The minimum absolute atomic E-state index is 0.150. The van der Waals surface area contributed by atoms with E-state index in [2.05, 4.69) is 26.1 Å². The first-order chi connectivity index (χ1) is 10.0. The second kappa shape index (κ2) is 7.62. The topological polar surface area (TPSA) is 49.3 Å². The highest BCUT2D eigenvalue weighted by Crippen LogP contribution is 2.39. The lowest BCUT2D eigenvalue weighted by Crippen LogP contribution is -2.45. The third-order valence-electron chi connectivity index (χ3n) is 5.87. The standard InChI is InChI=1S/C18H33NO2/c1-4-13-11-14(12(2)3)5-10-17(13)18(21)19-15-6-8-16(20)9-7-15/h12-17,20H,4-11H2,1-3H3,(H,19,21). The number of aliphatic hydroxyl groups excluding tert-OH is 1. The zero-order valence-electron chi connectivity index (χ0n) is 14.0. The van der Waals surface area contributed by atoms with Gasteiger partial charge in [0, 0.05) is 12.0 Å². The summed E-state index contributed by atoms with van der Waals surface area (Å²) in [6, 6.07) is 0.293. The van der Waals surface area contributed by atoms with E-state index < -0.39 is 0 Å². The number of carbonyl (C=O) groups excluding carboxylic acids is 1. The third-order valence-corrected chi connectivity index (χ3v) is 5.87. The Hall–Kier alpha value is -0.570. The van der Waals surface area contributed by atoms with E-state index in [-0.39, 0.29) is 17.9 Å². The Labute approximate surface area is 129 Å². The normalized spacial score (nSPS) is 37.5. The first-order valence-corrected chi connectivity index (χ1v) is 8.99. The summed E-state index contributed by atoms with van der Waals surface area (Å²) in [7, 11) is 0. The summed E-state index contributed by atoms with van der Waals surface area (Å²) < 4.78 is 0. The molecule has 2 fully saturated rings. The maximum Gasteiger partial charge on any atom is 0.223 e. The predicted octanol–water partition coefficient (Wildman–Crippen LogP) is 3.50. The van der Waals surface area contributed by atoms with Gasteiger partial charge >= 0.3 is 0 Å².